The lowest BCUT2D eigenvalue weighted by Gasteiger charge is -2.25. The molecule has 0 heterocycles. The highest BCUT2D eigenvalue weighted by Gasteiger charge is 2.17. The van der Waals surface area contributed by atoms with Gasteiger partial charge in [-0.15, -0.1) is 0 Å². The van der Waals surface area contributed by atoms with E-state index in [4.69, 9.17) is 5.73 Å². The molecule has 0 spiro atoms. The van der Waals surface area contributed by atoms with Gasteiger partial charge >= 0.3 is 6.03 Å². The van der Waals surface area contributed by atoms with Crippen molar-refractivity contribution in [3.05, 3.63) is 29.8 Å². The fraction of sp³-hybridized carbons (Fsp3) is 0.462. The first kappa shape index (κ1) is 13.5. The molecule has 0 bridgehead atoms. The van der Waals surface area contributed by atoms with Gasteiger partial charge in [-0.1, -0.05) is 12.1 Å². The summed E-state index contributed by atoms with van der Waals surface area (Å²) in [4.78, 5) is 13.5. The maximum Gasteiger partial charge on any atom is 0.322 e. The lowest BCUT2D eigenvalue weighted by Crippen LogP contribution is -2.47. The first-order valence-electron chi connectivity index (χ1n) is 5.68. The van der Waals surface area contributed by atoms with Gasteiger partial charge in [0.1, 0.15) is 0 Å². The van der Waals surface area contributed by atoms with Gasteiger partial charge in [-0.25, -0.2) is 4.79 Å². The topological polar surface area (TPSA) is 58.4 Å². The van der Waals surface area contributed by atoms with Crippen LogP contribution in [0.25, 0.3) is 0 Å². The molecule has 0 aliphatic heterocycles. The van der Waals surface area contributed by atoms with Crippen LogP contribution in [0.4, 0.5) is 10.5 Å². The molecule has 0 fully saturated rings. The molecule has 0 atom stereocenters. The fourth-order valence-electron chi connectivity index (χ4n) is 1.38. The summed E-state index contributed by atoms with van der Waals surface area (Å²) in [5, 5.41) is 2.91. The minimum atomic E-state index is -0.234. The van der Waals surface area contributed by atoms with Crippen molar-refractivity contribution < 1.29 is 4.79 Å². The molecule has 94 valence electrons. The Labute approximate surface area is 103 Å². The molecule has 4 heteroatoms. The van der Waals surface area contributed by atoms with Gasteiger partial charge in [0, 0.05) is 24.8 Å². The fourth-order valence-corrected chi connectivity index (χ4v) is 1.38. The number of urea groups is 1. The number of nitrogens with two attached hydrogens (primary N) is 1. The third-order valence-electron chi connectivity index (χ3n) is 2.35. The molecule has 0 unspecified atom stereocenters. The van der Waals surface area contributed by atoms with Gasteiger partial charge in [0.2, 0.25) is 0 Å². The van der Waals surface area contributed by atoms with Crippen LogP contribution < -0.4 is 16.0 Å². The van der Waals surface area contributed by atoms with E-state index in [2.05, 4.69) is 5.32 Å². The van der Waals surface area contributed by atoms with Gasteiger partial charge in [0.05, 0.1) is 0 Å². The first-order chi connectivity index (χ1) is 7.83. The molecular weight excluding hydrogens is 214 g/mol. The largest absolute Gasteiger partial charge is 0.333 e. The molecule has 2 amide bonds. The molecule has 1 rings (SSSR count). The second-order valence-corrected chi connectivity index (χ2v) is 5.11. The first-order valence-corrected chi connectivity index (χ1v) is 5.68. The van der Waals surface area contributed by atoms with Crippen molar-refractivity contribution in [2.45, 2.75) is 32.9 Å². The standard InChI is InChI=1S/C13H21N3O/c1-13(2,3)15-12(17)16(4)11-7-5-10(9-14)6-8-11/h5-8H,9,14H2,1-4H3,(H,15,17). The van der Waals surface area contributed by atoms with E-state index < -0.39 is 0 Å². The van der Waals surface area contributed by atoms with Crippen LogP contribution in [0, 0.1) is 0 Å². The molecule has 3 N–H and O–H groups in total. The van der Waals surface area contributed by atoms with E-state index in [0.29, 0.717) is 6.54 Å². The highest BCUT2D eigenvalue weighted by molar-refractivity contribution is 5.91. The summed E-state index contributed by atoms with van der Waals surface area (Å²) in [6.45, 7) is 6.38. The van der Waals surface area contributed by atoms with Crippen molar-refractivity contribution in [2.75, 3.05) is 11.9 Å². The highest BCUT2D eigenvalue weighted by Crippen LogP contribution is 2.14. The molecule has 0 radical (unpaired) electrons. The number of carbonyl (C=O) groups excluding carboxylic acids is 1. The van der Waals surface area contributed by atoms with Crippen LogP contribution in [-0.4, -0.2) is 18.6 Å². The van der Waals surface area contributed by atoms with Crippen molar-refractivity contribution in [1.29, 1.82) is 0 Å². The van der Waals surface area contributed by atoms with Crippen LogP contribution in [0.3, 0.4) is 0 Å². The summed E-state index contributed by atoms with van der Waals surface area (Å²) in [5.74, 6) is 0. The summed E-state index contributed by atoms with van der Waals surface area (Å²) < 4.78 is 0. The summed E-state index contributed by atoms with van der Waals surface area (Å²) in [7, 11) is 1.75. The minimum Gasteiger partial charge on any atom is -0.333 e. The maximum absolute atomic E-state index is 11.9. The normalized spacial score (nSPS) is 11.1. The van der Waals surface area contributed by atoms with Gasteiger partial charge in [0.15, 0.2) is 0 Å². The van der Waals surface area contributed by atoms with Crippen molar-refractivity contribution in [1.82, 2.24) is 5.32 Å². The van der Waals surface area contributed by atoms with Crippen molar-refractivity contribution in [3.63, 3.8) is 0 Å². The van der Waals surface area contributed by atoms with E-state index in [1.54, 1.807) is 11.9 Å². The van der Waals surface area contributed by atoms with Gasteiger partial charge in [-0.3, -0.25) is 4.90 Å². The number of hydrogen-bond acceptors (Lipinski definition) is 2. The predicted octanol–water partition coefficient (Wildman–Crippen LogP) is 2.09. The SMILES string of the molecule is CN(C(=O)NC(C)(C)C)c1ccc(CN)cc1. The van der Waals surface area contributed by atoms with Crippen LogP contribution in [0.15, 0.2) is 24.3 Å². The Morgan fingerprint density at radius 1 is 1.29 bits per heavy atom. The number of nitrogens with zero attached hydrogens (tertiary/aromatic N) is 1. The monoisotopic (exact) mass is 235 g/mol. The Kier molecular flexibility index (Phi) is 4.12. The quantitative estimate of drug-likeness (QED) is 0.824. The predicted molar refractivity (Wildman–Crippen MR) is 71.0 cm³/mol. The number of rotatable bonds is 2. The summed E-state index contributed by atoms with van der Waals surface area (Å²) in [6, 6.07) is 7.53. The Morgan fingerprint density at radius 3 is 2.24 bits per heavy atom. The highest BCUT2D eigenvalue weighted by atomic mass is 16.2. The molecule has 0 aliphatic carbocycles. The van der Waals surface area contributed by atoms with Gasteiger partial charge in [-0.2, -0.15) is 0 Å². The third-order valence-corrected chi connectivity index (χ3v) is 2.35. The third kappa shape index (κ3) is 4.07. The van der Waals surface area contributed by atoms with E-state index in [9.17, 15) is 4.79 Å². The van der Waals surface area contributed by atoms with Gasteiger partial charge < -0.3 is 11.1 Å². The molecule has 17 heavy (non-hydrogen) atoms. The van der Waals surface area contributed by atoms with Crippen LogP contribution >= 0.6 is 0 Å². The molecule has 4 nitrogen and oxygen atoms in total. The van der Waals surface area contributed by atoms with Crippen LogP contribution in [0.2, 0.25) is 0 Å². The lowest BCUT2D eigenvalue weighted by molar-refractivity contribution is 0.239. The Morgan fingerprint density at radius 2 is 1.82 bits per heavy atom. The van der Waals surface area contributed by atoms with Crippen LogP contribution in [0.5, 0.6) is 0 Å². The molecule has 0 saturated carbocycles. The molecule has 0 aliphatic rings. The van der Waals surface area contributed by atoms with Crippen molar-refractivity contribution >= 4 is 11.7 Å². The second kappa shape index (κ2) is 5.19. The zero-order valence-corrected chi connectivity index (χ0v) is 10.9. The van der Waals surface area contributed by atoms with E-state index >= 15 is 0 Å². The number of nitrogens with one attached hydrogen (secondary N) is 1. The molecule has 0 saturated heterocycles. The smallest absolute Gasteiger partial charge is 0.322 e. The second-order valence-electron chi connectivity index (χ2n) is 5.11. The number of hydrogen-bond donors (Lipinski definition) is 2. The molecule has 1 aromatic carbocycles. The lowest BCUT2D eigenvalue weighted by atomic mass is 10.1. The Bertz CT molecular complexity index is 379. The van der Waals surface area contributed by atoms with Crippen LogP contribution in [0.1, 0.15) is 26.3 Å². The van der Waals surface area contributed by atoms with Crippen molar-refractivity contribution in [3.8, 4) is 0 Å². The number of carbonyl (C=O) groups is 1. The Balaban J connectivity index is 2.74. The van der Waals surface area contributed by atoms with E-state index in [1.807, 2.05) is 45.0 Å². The maximum atomic E-state index is 11.9. The van der Waals surface area contributed by atoms with Gasteiger partial charge in [-0.05, 0) is 38.5 Å². The number of benzene rings is 1. The molecule has 0 aromatic heterocycles. The van der Waals surface area contributed by atoms with E-state index in [0.717, 1.165) is 11.3 Å². The number of amides is 2. The Hall–Kier alpha value is -1.55. The average molecular weight is 235 g/mol. The molecule has 1 aromatic rings. The summed E-state index contributed by atoms with van der Waals surface area (Å²) in [5.41, 5.74) is 7.20. The summed E-state index contributed by atoms with van der Waals surface area (Å²) >= 11 is 0. The summed E-state index contributed by atoms with van der Waals surface area (Å²) in [6.07, 6.45) is 0. The molecular formula is C13H21N3O. The van der Waals surface area contributed by atoms with E-state index in [-0.39, 0.29) is 11.6 Å². The van der Waals surface area contributed by atoms with Gasteiger partial charge in [0.25, 0.3) is 0 Å². The van der Waals surface area contributed by atoms with Crippen molar-refractivity contribution in [2.24, 2.45) is 5.73 Å². The van der Waals surface area contributed by atoms with Crippen LogP contribution in [-0.2, 0) is 6.54 Å². The minimum absolute atomic E-state index is 0.113. The van der Waals surface area contributed by atoms with E-state index in [1.165, 1.54) is 0 Å². The average Bonchev–Trinajstić information content (AvgIpc) is 2.26. The zero-order chi connectivity index (χ0) is 13.1. The number of anilines is 1. The zero-order valence-electron chi connectivity index (χ0n) is 10.9.